The number of halogens is 1. The molecule has 1 aliphatic rings. The number of fused-ring (bicyclic) bond motifs is 1. The minimum atomic E-state index is -0.200. The zero-order chi connectivity index (χ0) is 13.0. The number of carbonyl (C=O) groups is 1. The Morgan fingerprint density at radius 2 is 2.06 bits per heavy atom. The number of anilines is 1. The van der Waals surface area contributed by atoms with Crippen molar-refractivity contribution in [2.75, 3.05) is 31.7 Å². The van der Waals surface area contributed by atoms with Gasteiger partial charge in [0.1, 0.15) is 19.8 Å². The molecule has 0 unspecified atom stereocenters. The van der Waals surface area contributed by atoms with Crippen molar-refractivity contribution in [1.29, 1.82) is 0 Å². The van der Waals surface area contributed by atoms with E-state index in [9.17, 15) is 4.79 Å². The van der Waals surface area contributed by atoms with Crippen molar-refractivity contribution >= 4 is 27.5 Å². The van der Waals surface area contributed by atoms with Crippen molar-refractivity contribution in [3.63, 3.8) is 0 Å². The van der Waals surface area contributed by atoms with E-state index in [-0.39, 0.29) is 12.5 Å². The maximum absolute atomic E-state index is 11.6. The van der Waals surface area contributed by atoms with Gasteiger partial charge in [-0.25, -0.2) is 0 Å². The first-order valence-electron chi connectivity index (χ1n) is 5.67. The SMILES string of the molecule is CCOCC(=O)Nc1cc2c(cc1Br)OCCO2. The Kier molecular flexibility index (Phi) is 4.43. The molecule has 0 spiro atoms. The standard InChI is InChI=1S/C12H14BrNO4/c1-2-16-7-12(15)14-9-6-11-10(5-8(9)13)17-3-4-18-11/h5-6H,2-4,7H2,1H3,(H,14,15). The predicted octanol–water partition coefficient (Wildman–Crippen LogP) is 2.20. The highest BCUT2D eigenvalue weighted by atomic mass is 79.9. The van der Waals surface area contributed by atoms with Crippen LogP contribution < -0.4 is 14.8 Å². The van der Waals surface area contributed by atoms with Gasteiger partial charge >= 0.3 is 0 Å². The van der Waals surface area contributed by atoms with Gasteiger partial charge in [-0.1, -0.05) is 0 Å². The Hall–Kier alpha value is -1.27. The lowest BCUT2D eigenvalue weighted by atomic mass is 10.2. The summed E-state index contributed by atoms with van der Waals surface area (Å²) in [7, 11) is 0. The largest absolute Gasteiger partial charge is 0.486 e. The van der Waals surface area contributed by atoms with Crippen LogP contribution in [0.1, 0.15) is 6.92 Å². The summed E-state index contributed by atoms with van der Waals surface area (Å²) in [5, 5.41) is 2.75. The number of hydrogen-bond donors (Lipinski definition) is 1. The number of rotatable bonds is 4. The molecular formula is C12H14BrNO4. The second-order valence-electron chi connectivity index (χ2n) is 3.66. The highest BCUT2D eigenvalue weighted by Crippen LogP contribution is 2.38. The van der Waals surface area contributed by atoms with Crippen LogP contribution in [-0.2, 0) is 9.53 Å². The molecule has 1 aromatic rings. The molecule has 1 N–H and O–H groups in total. The van der Waals surface area contributed by atoms with Gasteiger partial charge in [-0.05, 0) is 22.9 Å². The molecule has 1 heterocycles. The van der Waals surface area contributed by atoms with Crippen LogP contribution in [-0.4, -0.2) is 32.3 Å². The van der Waals surface area contributed by atoms with E-state index >= 15 is 0 Å². The molecule has 98 valence electrons. The second-order valence-corrected chi connectivity index (χ2v) is 4.52. The van der Waals surface area contributed by atoms with Crippen molar-refractivity contribution in [2.45, 2.75) is 6.92 Å². The third kappa shape index (κ3) is 3.14. The molecule has 1 aliphatic heterocycles. The van der Waals surface area contributed by atoms with E-state index in [0.717, 1.165) is 4.47 Å². The Labute approximate surface area is 114 Å². The normalized spacial score (nSPS) is 13.2. The molecule has 0 saturated carbocycles. The third-order valence-electron chi connectivity index (χ3n) is 2.34. The number of carbonyl (C=O) groups excluding carboxylic acids is 1. The van der Waals surface area contributed by atoms with Gasteiger partial charge in [0, 0.05) is 23.2 Å². The lowest BCUT2D eigenvalue weighted by Crippen LogP contribution is -2.19. The summed E-state index contributed by atoms with van der Waals surface area (Å²) in [6, 6.07) is 3.52. The molecule has 1 aromatic carbocycles. The highest BCUT2D eigenvalue weighted by molar-refractivity contribution is 9.10. The lowest BCUT2D eigenvalue weighted by Gasteiger charge is -2.20. The average Bonchev–Trinajstić information content (AvgIpc) is 2.37. The average molecular weight is 316 g/mol. The highest BCUT2D eigenvalue weighted by Gasteiger charge is 2.16. The Morgan fingerprint density at radius 1 is 1.39 bits per heavy atom. The summed E-state index contributed by atoms with van der Waals surface area (Å²) in [6.07, 6.45) is 0. The van der Waals surface area contributed by atoms with Crippen LogP contribution in [0.5, 0.6) is 11.5 Å². The second kappa shape index (κ2) is 6.06. The molecule has 6 heteroatoms. The van der Waals surface area contributed by atoms with Crippen LogP contribution in [0.2, 0.25) is 0 Å². The number of ether oxygens (including phenoxy) is 3. The van der Waals surface area contributed by atoms with Gasteiger partial charge < -0.3 is 19.5 Å². The molecule has 0 bridgehead atoms. The molecular weight excluding hydrogens is 302 g/mol. The fourth-order valence-corrected chi connectivity index (χ4v) is 1.96. The molecule has 0 radical (unpaired) electrons. The number of hydrogen-bond acceptors (Lipinski definition) is 4. The van der Waals surface area contributed by atoms with Gasteiger partial charge in [0.2, 0.25) is 5.91 Å². The number of amides is 1. The minimum absolute atomic E-state index is 0.0391. The van der Waals surface area contributed by atoms with Gasteiger partial charge in [0.15, 0.2) is 11.5 Å². The molecule has 0 atom stereocenters. The van der Waals surface area contributed by atoms with Crippen molar-refractivity contribution < 1.29 is 19.0 Å². The molecule has 0 aromatic heterocycles. The molecule has 0 saturated heterocycles. The van der Waals surface area contributed by atoms with E-state index < -0.39 is 0 Å². The summed E-state index contributed by atoms with van der Waals surface area (Å²) in [5.41, 5.74) is 0.643. The topological polar surface area (TPSA) is 56.8 Å². The summed E-state index contributed by atoms with van der Waals surface area (Å²) >= 11 is 3.38. The van der Waals surface area contributed by atoms with Crippen LogP contribution in [0, 0.1) is 0 Å². The fourth-order valence-electron chi connectivity index (χ4n) is 1.54. The van der Waals surface area contributed by atoms with E-state index in [2.05, 4.69) is 21.2 Å². The Bertz CT molecular complexity index is 450. The molecule has 18 heavy (non-hydrogen) atoms. The zero-order valence-electron chi connectivity index (χ0n) is 9.99. The van der Waals surface area contributed by atoms with E-state index in [0.29, 0.717) is 37.0 Å². The third-order valence-corrected chi connectivity index (χ3v) is 3.00. The van der Waals surface area contributed by atoms with E-state index in [4.69, 9.17) is 14.2 Å². The van der Waals surface area contributed by atoms with Gasteiger partial charge in [-0.2, -0.15) is 0 Å². The molecule has 5 nitrogen and oxygen atoms in total. The van der Waals surface area contributed by atoms with Crippen molar-refractivity contribution in [3.05, 3.63) is 16.6 Å². The molecule has 0 aliphatic carbocycles. The first kappa shape index (κ1) is 13.2. The molecule has 0 fully saturated rings. The van der Waals surface area contributed by atoms with Gasteiger partial charge in [0.25, 0.3) is 0 Å². The monoisotopic (exact) mass is 315 g/mol. The zero-order valence-corrected chi connectivity index (χ0v) is 11.6. The number of benzene rings is 1. The van der Waals surface area contributed by atoms with E-state index in [1.807, 2.05) is 6.92 Å². The maximum atomic E-state index is 11.6. The lowest BCUT2D eigenvalue weighted by molar-refractivity contribution is -0.120. The van der Waals surface area contributed by atoms with Crippen LogP contribution in [0.3, 0.4) is 0 Å². The summed E-state index contributed by atoms with van der Waals surface area (Å²) < 4.78 is 16.7. The fraction of sp³-hybridized carbons (Fsp3) is 0.417. The molecule has 1 amide bonds. The van der Waals surface area contributed by atoms with Gasteiger partial charge in [-0.15, -0.1) is 0 Å². The summed E-state index contributed by atoms with van der Waals surface area (Å²) in [6.45, 7) is 3.44. The van der Waals surface area contributed by atoms with E-state index in [1.54, 1.807) is 12.1 Å². The van der Waals surface area contributed by atoms with Crippen molar-refractivity contribution in [3.8, 4) is 11.5 Å². The van der Waals surface area contributed by atoms with Crippen molar-refractivity contribution in [1.82, 2.24) is 0 Å². The van der Waals surface area contributed by atoms with Crippen LogP contribution >= 0.6 is 15.9 Å². The Balaban J connectivity index is 2.10. The van der Waals surface area contributed by atoms with Crippen LogP contribution in [0.25, 0.3) is 0 Å². The predicted molar refractivity (Wildman–Crippen MR) is 70.3 cm³/mol. The van der Waals surface area contributed by atoms with E-state index in [1.165, 1.54) is 0 Å². The van der Waals surface area contributed by atoms with Gasteiger partial charge in [-0.3, -0.25) is 4.79 Å². The van der Waals surface area contributed by atoms with Gasteiger partial charge in [0.05, 0.1) is 5.69 Å². The van der Waals surface area contributed by atoms with Crippen LogP contribution in [0.15, 0.2) is 16.6 Å². The maximum Gasteiger partial charge on any atom is 0.250 e. The summed E-state index contributed by atoms with van der Waals surface area (Å²) in [4.78, 5) is 11.6. The minimum Gasteiger partial charge on any atom is -0.486 e. The Morgan fingerprint density at radius 3 is 2.72 bits per heavy atom. The smallest absolute Gasteiger partial charge is 0.250 e. The summed E-state index contributed by atoms with van der Waals surface area (Å²) in [5.74, 6) is 1.11. The first-order valence-corrected chi connectivity index (χ1v) is 6.46. The van der Waals surface area contributed by atoms with Crippen molar-refractivity contribution in [2.24, 2.45) is 0 Å². The quantitative estimate of drug-likeness (QED) is 0.925. The molecule has 2 rings (SSSR count). The first-order chi connectivity index (χ1) is 8.70. The van der Waals surface area contributed by atoms with Crippen LogP contribution in [0.4, 0.5) is 5.69 Å². The number of nitrogens with one attached hydrogen (secondary N) is 1.